The van der Waals surface area contributed by atoms with Gasteiger partial charge in [0.1, 0.15) is 12.1 Å². The van der Waals surface area contributed by atoms with Crippen LogP contribution in [-0.2, 0) is 9.59 Å². The summed E-state index contributed by atoms with van der Waals surface area (Å²) in [6.07, 6.45) is 3.97. The van der Waals surface area contributed by atoms with E-state index >= 15 is 0 Å². The van der Waals surface area contributed by atoms with Gasteiger partial charge in [-0.1, -0.05) is 36.8 Å². The Kier molecular flexibility index (Phi) is 5.34. The molecule has 3 heterocycles. The number of carbonyl (C=O) groups excluding carboxylic acids is 3. The fourth-order valence-corrected chi connectivity index (χ4v) is 5.02. The molecule has 0 bridgehead atoms. The van der Waals surface area contributed by atoms with Crippen molar-refractivity contribution in [2.75, 3.05) is 19.6 Å². The highest BCUT2D eigenvalue weighted by Crippen LogP contribution is 2.35. The quantitative estimate of drug-likeness (QED) is 0.762. The standard InChI is InChI=1S/C22H30N4O3/c1-22(2)20(28)26(21(29)24-22)14-18(27)25-13-11-16(15-8-4-3-5-9-15)19-17(25)10-6-7-12-23-19/h3-5,8-9,16-17,19,23H,6-7,10-14H2,1-2H3,(H,24,29)/t16-,17-,19-/m1/s1. The highest BCUT2D eigenvalue weighted by atomic mass is 16.2. The molecular weight excluding hydrogens is 368 g/mol. The number of nitrogens with zero attached hydrogens (tertiary/aromatic N) is 2. The number of piperidine rings is 1. The van der Waals surface area contributed by atoms with Crippen molar-refractivity contribution < 1.29 is 14.4 Å². The third kappa shape index (κ3) is 3.75. The Labute approximate surface area is 171 Å². The van der Waals surface area contributed by atoms with Gasteiger partial charge in [0.25, 0.3) is 5.91 Å². The molecule has 2 N–H and O–H groups in total. The molecule has 4 amide bonds. The van der Waals surface area contributed by atoms with Crippen LogP contribution < -0.4 is 10.6 Å². The van der Waals surface area contributed by atoms with Gasteiger partial charge in [-0.2, -0.15) is 0 Å². The Morgan fingerprint density at radius 1 is 1.14 bits per heavy atom. The van der Waals surface area contributed by atoms with Gasteiger partial charge in [-0.15, -0.1) is 0 Å². The van der Waals surface area contributed by atoms with Crippen LogP contribution >= 0.6 is 0 Å². The first-order chi connectivity index (χ1) is 13.9. The van der Waals surface area contributed by atoms with Crippen molar-refractivity contribution in [1.82, 2.24) is 20.4 Å². The van der Waals surface area contributed by atoms with Gasteiger partial charge in [0.05, 0.1) is 0 Å². The van der Waals surface area contributed by atoms with Crippen LogP contribution in [0.4, 0.5) is 4.79 Å². The average molecular weight is 399 g/mol. The Morgan fingerprint density at radius 2 is 1.90 bits per heavy atom. The zero-order valence-electron chi connectivity index (χ0n) is 17.2. The molecule has 3 fully saturated rings. The van der Waals surface area contributed by atoms with E-state index < -0.39 is 11.6 Å². The van der Waals surface area contributed by atoms with Crippen molar-refractivity contribution in [3.05, 3.63) is 35.9 Å². The Bertz CT molecular complexity index is 795. The van der Waals surface area contributed by atoms with E-state index in [-0.39, 0.29) is 30.4 Å². The fraction of sp³-hybridized carbons (Fsp3) is 0.591. The monoisotopic (exact) mass is 398 g/mol. The van der Waals surface area contributed by atoms with E-state index in [9.17, 15) is 14.4 Å². The molecule has 0 unspecified atom stereocenters. The van der Waals surface area contributed by atoms with Gasteiger partial charge in [-0.25, -0.2) is 4.79 Å². The minimum Gasteiger partial charge on any atom is -0.337 e. The van der Waals surface area contributed by atoms with Gasteiger partial charge in [-0.05, 0) is 45.2 Å². The maximum Gasteiger partial charge on any atom is 0.325 e. The third-order valence-corrected chi connectivity index (χ3v) is 6.52. The second kappa shape index (κ2) is 7.78. The van der Waals surface area contributed by atoms with Gasteiger partial charge in [0.15, 0.2) is 0 Å². The van der Waals surface area contributed by atoms with Crippen molar-refractivity contribution in [1.29, 1.82) is 0 Å². The summed E-state index contributed by atoms with van der Waals surface area (Å²) in [6.45, 7) is 4.73. The number of fused-ring (bicyclic) bond motifs is 1. The van der Waals surface area contributed by atoms with Crippen LogP contribution in [0.25, 0.3) is 0 Å². The van der Waals surface area contributed by atoms with E-state index in [2.05, 4.69) is 34.9 Å². The molecule has 29 heavy (non-hydrogen) atoms. The first-order valence-electron chi connectivity index (χ1n) is 10.6. The molecule has 156 valence electrons. The number of nitrogens with one attached hydrogen (secondary N) is 2. The Morgan fingerprint density at radius 3 is 2.59 bits per heavy atom. The van der Waals surface area contributed by atoms with E-state index in [1.165, 1.54) is 5.56 Å². The van der Waals surface area contributed by atoms with E-state index in [4.69, 9.17) is 0 Å². The minimum atomic E-state index is -0.954. The van der Waals surface area contributed by atoms with Gasteiger partial charge in [0, 0.05) is 24.5 Å². The van der Waals surface area contributed by atoms with E-state index in [0.29, 0.717) is 12.5 Å². The predicted molar refractivity (Wildman–Crippen MR) is 109 cm³/mol. The van der Waals surface area contributed by atoms with Gasteiger partial charge in [-0.3, -0.25) is 14.5 Å². The van der Waals surface area contributed by atoms with Crippen molar-refractivity contribution >= 4 is 17.8 Å². The number of imide groups is 1. The summed E-state index contributed by atoms with van der Waals surface area (Å²) in [5.74, 6) is -0.124. The van der Waals surface area contributed by atoms with Crippen LogP contribution in [0.2, 0.25) is 0 Å². The van der Waals surface area contributed by atoms with Crippen molar-refractivity contribution in [3.63, 3.8) is 0 Å². The van der Waals surface area contributed by atoms with Gasteiger partial charge in [0.2, 0.25) is 5.91 Å². The molecular formula is C22H30N4O3. The lowest BCUT2D eigenvalue weighted by Gasteiger charge is -2.46. The summed E-state index contributed by atoms with van der Waals surface area (Å²) in [6, 6.07) is 10.3. The molecule has 7 nitrogen and oxygen atoms in total. The number of hydrogen-bond donors (Lipinski definition) is 2. The maximum absolute atomic E-state index is 13.2. The van der Waals surface area contributed by atoms with E-state index in [1.807, 2.05) is 11.0 Å². The van der Waals surface area contributed by atoms with Crippen LogP contribution in [0.15, 0.2) is 30.3 Å². The summed E-state index contributed by atoms with van der Waals surface area (Å²) in [7, 11) is 0. The molecule has 4 rings (SSSR count). The SMILES string of the molecule is CC1(C)NC(=O)N(CC(=O)N2CC[C@H](c3ccccc3)[C@H]3NCCCC[C@H]32)C1=O. The lowest BCUT2D eigenvalue weighted by Crippen LogP contribution is -2.59. The molecule has 3 atom stereocenters. The Balaban J connectivity index is 1.53. The smallest absolute Gasteiger partial charge is 0.325 e. The lowest BCUT2D eigenvalue weighted by molar-refractivity contribution is -0.141. The summed E-state index contributed by atoms with van der Waals surface area (Å²) in [5, 5.41) is 6.34. The number of likely N-dealkylation sites (tertiary alicyclic amines) is 1. The molecule has 0 saturated carbocycles. The zero-order valence-corrected chi connectivity index (χ0v) is 17.2. The molecule has 3 aliphatic rings. The number of hydrogen-bond acceptors (Lipinski definition) is 4. The number of urea groups is 1. The van der Waals surface area contributed by atoms with Crippen LogP contribution in [0.5, 0.6) is 0 Å². The van der Waals surface area contributed by atoms with Crippen LogP contribution in [0.3, 0.4) is 0 Å². The predicted octanol–water partition coefficient (Wildman–Crippen LogP) is 1.84. The molecule has 0 radical (unpaired) electrons. The summed E-state index contributed by atoms with van der Waals surface area (Å²) in [4.78, 5) is 40.9. The van der Waals surface area contributed by atoms with E-state index in [1.54, 1.807) is 13.8 Å². The van der Waals surface area contributed by atoms with Crippen LogP contribution in [0, 0.1) is 0 Å². The highest BCUT2D eigenvalue weighted by Gasteiger charge is 2.47. The highest BCUT2D eigenvalue weighted by molar-refractivity contribution is 6.08. The molecule has 7 heteroatoms. The van der Waals surface area contributed by atoms with Crippen LogP contribution in [-0.4, -0.2) is 64.9 Å². The summed E-state index contributed by atoms with van der Waals surface area (Å²) < 4.78 is 0. The number of amides is 4. The number of carbonyl (C=O) groups is 3. The fourth-order valence-electron chi connectivity index (χ4n) is 5.02. The second-order valence-electron chi connectivity index (χ2n) is 8.88. The Hall–Kier alpha value is -2.41. The maximum atomic E-state index is 13.2. The van der Waals surface area contributed by atoms with Crippen molar-refractivity contribution in [3.8, 4) is 0 Å². The van der Waals surface area contributed by atoms with Gasteiger partial charge < -0.3 is 15.5 Å². The number of rotatable bonds is 3. The topological polar surface area (TPSA) is 81.8 Å². The largest absolute Gasteiger partial charge is 0.337 e. The molecule has 3 saturated heterocycles. The lowest BCUT2D eigenvalue weighted by atomic mass is 9.79. The van der Waals surface area contributed by atoms with Crippen molar-refractivity contribution in [2.45, 2.75) is 63.1 Å². The summed E-state index contributed by atoms with van der Waals surface area (Å²) >= 11 is 0. The molecule has 0 aromatic heterocycles. The average Bonchev–Trinajstić information content (AvgIpc) is 2.89. The normalized spacial score (nSPS) is 29.2. The number of benzene rings is 1. The molecule has 1 aromatic rings. The molecule has 0 spiro atoms. The first-order valence-corrected chi connectivity index (χ1v) is 10.6. The van der Waals surface area contributed by atoms with Crippen molar-refractivity contribution in [2.24, 2.45) is 0 Å². The second-order valence-corrected chi connectivity index (χ2v) is 8.88. The molecule has 3 aliphatic heterocycles. The van der Waals surface area contributed by atoms with Gasteiger partial charge >= 0.3 is 6.03 Å². The molecule has 1 aromatic carbocycles. The minimum absolute atomic E-state index is 0.0812. The van der Waals surface area contributed by atoms with Crippen LogP contribution in [0.1, 0.15) is 51.0 Å². The third-order valence-electron chi connectivity index (χ3n) is 6.52. The zero-order chi connectivity index (χ0) is 20.6. The first kappa shape index (κ1) is 19.9. The molecule has 0 aliphatic carbocycles. The summed E-state index contributed by atoms with van der Waals surface area (Å²) in [5.41, 5.74) is 0.351. The van der Waals surface area contributed by atoms with E-state index in [0.717, 1.165) is 37.1 Å².